The highest BCUT2D eigenvalue weighted by Crippen LogP contribution is 2.19. The van der Waals surface area contributed by atoms with Crippen molar-refractivity contribution in [2.45, 2.75) is 20.4 Å². The second-order valence-corrected chi connectivity index (χ2v) is 6.19. The molecule has 1 heterocycles. The smallest absolute Gasteiger partial charge is 0.321 e. The summed E-state index contributed by atoms with van der Waals surface area (Å²) in [6.07, 6.45) is 0. The Kier molecular flexibility index (Phi) is 6.21. The van der Waals surface area contributed by atoms with Gasteiger partial charge in [-0.15, -0.1) is 0 Å². The summed E-state index contributed by atoms with van der Waals surface area (Å²) in [5.74, 6) is 1.06. The van der Waals surface area contributed by atoms with E-state index in [1.165, 1.54) is 9.80 Å². The Hall–Kier alpha value is -3.03. The predicted octanol–water partition coefficient (Wildman–Crippen LogP) is 2.42. The van der Waals surface area contributed by atoms with Gasteiger partial charge in [0.05, 0.1) is 12.2 Å². The van der Waals surface area contributed by atoms with Crippen molar-refractivity contribution in [2.24, 2.45) is 0 Å². The van der Waals surface area contributed by atoms with E-state index in [-0.39, 0.29) is 18.5 Å². The number of nitrogens with zero attached hydrogens (tertiary/aromatic N) is 3. The number of carbonyl (C=O) groups excluding carboxylic acids is 2. The molecule has 0 fully saturated rings. The number of carbonyl (C=O) groups is 2. The highest BCUT2D eigenvalue weighted by molar-refractivity contribution is 5.89. The van der Waals surface area contributed by atoms with Gasteiger partial charge in [0.25, 0.3) is 5.91 Å². The summed E-state index contributed by atoms with van der Waals surface area (Å²) < 4.78 is 10.6. The maximum atomic E-state index is 12.4. The Bertz CT molecular complexity index is 766. The van der Waals surface area contributed by atoms with Crippen LogP contribution in [0.15, 0.2) is 28.8 Å². The minimum atomic E-state index is -0.272. The standard InChI is InChI=1S/C18H24N4O4/c1-12-16(13(2)26-20-12)10-22(5)18(24)19-14-7-6-8-15(9-14)25-11-17(23)21(3)4/h6-9H,10-11H2,1-5H3,(H,19,24). The largest absolute Gasteiger partial charge is 0.484 e. The molecule has 0 saturated heterocycles. The van der Waals surface area contributed by atoms with Gasteiger partial charge in [0, 0.05) is 38.5 Å². The maximum absolute atomic E-state index is 12.4. The molecule has 0 aliphatic carbocycles. The first kappa shape index (κ1) is 19.3. The lowest BCUT2D eigenvalue weighted by molar-refractivity contribution is -0.130. The van der Waals surface area contributed by atoms with Gasteiger partial charge >= 0.3 is 6.03 Å². The molecule has 2 aromatic rings. The Morgan fingerprint density at radius 3 is 2.58 bits per heavy atom. The van der Waals surface area contributed by atoms with Gasteiger partial charge in [0.15, 0.2) is 6.61 Å². The number of hydrogen-bond donors (Lipinski definition) is 1. The van der Waals surface area contributed by atoms with E-state index in [0.29, 0.717) is 23.7 Å². The van der Waals surface area contributed by atoms with Crippen molar-refractivity contribution in [1.82, 2.24) is 15.0 Å². The number of aryl methyl sites for hydroxylation is 2. The summed E-state index contributed by atoms with van der Waals surface area (Å²) in [6, 6.07) is 6.63. The third kappa shape index (κ3) is 4.98. The molecule has 8 heteroatoms. The molecule has 1 N–H and O–H groups in total. The monoisotopic (exact) mass is 360 g/mol. The molecule has 140 valence electrons. The number of ether oxygens (including phenoxy) is 1. The fraction of sp³-hybridized carbons (Fsp3) is 0.389. The van der Waals surface area contributed by atoms with E-state index in [1.807, 2.05) is 13.8 Å². The molecule has 0 unspecified atom stereocenters. The van der Waals surface area contributed by atoms with Gasteiger partial charge in [-0.3, -0.25) is 4.79 Å². The average molecular weight is 360 g/mol. The summed E-state index contributed by atoms with van der Waals surface area (Å²) in [5.41, 5.74) is 2.24. The van der Waals surface area contributed by atoms with Crippen LogP contribution in [0.25, 0.3) is 0 Å². The minimum Gasteiger partial charge on any atom is -0.484 e. The van der Waals surface area contributed by atoms with E-state index in [1.54, 1.807) is 45.4 Å². The Balaban J connectivity index is 1.96. The number of likely N-dealkylation sites (N-methyl/N-ethyl adjacent to an activating group) is 1. The summed E-state index contributed by atoms with van der Waals surface area (Å²) in [5, 5.41) is 6.69. The van der Waals surface area contributed by atoms with E-state index in [9.17, 15) is 9.59 Å². The van der Waals surface area contributed by atoms with E-state index < -0.39 is 0 Å². The Labute approximate surface area is 152 Å². The molecular formula is C18H24N4O4. The maximum Gasteiger partial charge on any atom is 0.321 e. The van der Waals surface area contributed by atoms with Crippen LogP contribution in [0.4, 0.5) is 10.5 Å². The van der Waals surface area contributed by atoms with Crippen molar-refractivity contribution in [2.75, 3.05) is 33.1 Å². The number of anilines is 1. The van der Waals surface area contributed by atoms with Crippen molar-refractivity contribution in [3.63, 3.8) is 0 Å². The topological polar surface area (TPSA) is 87.9 Å². The van der Waals surface area contributed by atoms with Crippen LogP contribution in [0.3, 0.4) is 0 Å². The van der Waals surface area contributed by atoms with E-state index in [4.69, 9.17) is 9.26 Å². The van der Waals surface area contributed by atoms with Crippen LogP contribution in [-0.4, -0.2) is 54.6 Å². The Morgan fingerprint density at radius 2 is 1.96 bits per heavy atom. The number of rotatable bonds is 6. The minimum absolute atomic E-state index is 0.0592. The van der Waals surface area contributed by atoms with Crippen molar-refractivity contribution >= 4 is 17.6 Å². The fourth-order valence-electron chi connectivity index (χ4n) is 2.19. The molecule has 0 spiro atoms. The third-order valence-corrected chi connectivity index (χ3v) is 3.87. The molecule has 0 saturated carbocycles. The lowest BCUT2D eigenvalue weighted by Crippen LogP contribution is -2.31. The number of hydrogen-bond acceptors (Lipinski definition) is 5. The molecule has 0 radical (unpaired) electrons. The second kappa shape index (κ2) is 8.37. The van der Waals surface area contributed by atoms with Crippen molar-refractivity contribution in [1.29, 1.82) is 0 Å². The lowest BCUT2D eigenvalue weighted by atomic mass is 10.2. The third-order valence-electron chi connectivity index (χ3n) is 3.87. The Morgan fingerprint density at radius 1 is 1.23 bits per heavy atom. The quantitative estimate of drug-likeness (QED) is 0.855. The predicted molar refractivity (Wildman–Crippen MR) is 97.1 cm³/mol. The normalized spacial score (nSPS) is 10.3. The van der Waals surface area contributed by atoms with Gasteiger partial charge < -0.3 is 24.4 Å². The molecule has 0 aliphatic rings. The zero-order valence-electron chi connectivity index (χ0n) is 15.7. The fourth-order valence-corrected chi connectivity index (χ4v) is 2.19. The molecule has 26 heavy (non-hydrogen) atoms. The van der Waals surface area contributed by atoms with Crippen molar-refractivity contribution in [3.8, 4) is 5.75 Å². The van der Waals surface area contributed by atoms with Gasteiger partial charge in [-0.1, -0.05) is 11.2 Å². The molecule has 3 amide bonds. The molecule has 2 rings (SSSR count). The van der Waals surface area contributed by atoms with Gasteiger partial charge in [0.1, 0.15) is 11.5 Å². The van der Waals surface area contributed by atoms with Gasteiger partial charge in [-0.2, -0.15) is 0 Å². The number of urea groups is 1. The van der Waals surface area contributed by atoms with Crippen LogP contribution in [0.1, 0.15) is 17.0 Å². The first-order valence-electron chi connectivity index (χ1n) is 8.14. The zero-order chi connectivity index (χ0) is 19.3. The summed E-state index contributed by atoms with van der Waals surface area (Å²) in [4.78, 5) is 27.0. The first-order valence-corrected chi connectivity index (χ1v) is 8.14. The van der Waals surface area contributed by atoms with Crippen LogP contribution in [0.2, 0.25) is 0 Å². The molecule has 0 bridgehead atoms. The van der Waals surface area contributed by atoms with Crippen LogP contribution >= 0.6 is 0 Å². The SMILES string of the molecule is Cc1noc(C)c1CN(C)C(=O)Nc1cccc(OCC(=O)N(C)C)c1. The lowest BCUT2D eigenvalue weighted by Gasteiger charge is -2.18. The molecular weight excluding hydrogens is 336 g/mol. The summed E-state index contributed by atoms with van der Waals surface area (Å²) in [6.45, 7) is 3.99. The van der Waals surface area contributed by atoms with Gasteiger partial charge in [0.2, 0.25) is 0 Å². The summed E-state index contributed by atoms with van der Waals surface area (Å²) in [7, 11) is 5.02. The van der Waals surface area contributed by atoms with E-state index in [0.717, 1.165) is 11.3 Å². The van der Waals surface area contributed by atoms with Gasteiger partial charge in [-0.05, 0) is 26.0 Å². The second-order valence-electron chi connectivity index (χ2n) is 6.19. The highest BCUT2D eigenvalue weighted by atomic mass is 16.5. The zero-order valence-corrected chi connectivity index (χ0v) is 15.7. The van der Waals surface area contributed by atoms with E-state index >= 15 is 0 Å². The summed E-state index contributed by atoms with van der Waals surface area (Å²) >= 11 is 0. The number of aromatic nitrogens is 1. The molecule has 0 atom stereocenters. The molecule has 0 aliphatic heterocycles. The van der Waals surface area contributed by atoms with Crippen LogP contribution in [0.5, 0.6) is 5.75 Å². The average Bonchev–Trinajstić information content (AvgIpc) is 2.91. The van der Waals surface area contributed by atoms with Crippen LogP contribution in [-0.2, 0) is 11.3 Å². The van der Waals surface area contributed by atoms with Gasteiger partial charge in [-0.25, -0.2) is 4.79 Å². The van der Waals surface area contributed by atoms with Crippen molar-refractivity contribution in [3.05, 3.63) is 41.3 Å². The van der Waals surface area contributed by atoms with E-state index in [2.05, 4.69) is 10.5 Å². The number of benzene rings is 1. The van der Waals surface area contributed by atoms with Crippen LogP contribution < -0.4 is 10.1 Å². The van der Waals surface area contributed by atoms with Crippen LogP contribution in [0, 0.1) is 13.8 Å². The number of amides is 3. The molecule has 8 nitrogen and oxygen atoms in total. The number of nitrogens with one attached hydrogen (secondary N) is 1. The molecule has 1 aromatic carbocycles. The molecule has 1 aromatic heterocycles. The first-order chi connectivity index (χ1) is 12.3. The van der Waals surface area contributed by atoms with Crippen molar-refractivity contribution < 1.29 is 18.8 Å². The highest BCUT2D eigenvalue weighted by Gasteiger charge is 2.15.